The first-order valence-corrected chi connectivity index (χ1v) is 4.94. The lowest BCUT2D eigenvalue weighted by Crippen LogP contribution is -2.22. The highest BCUT2D eigenvalue weighted by atomic mass is 19.4. The van der Waals surface area contributed by atoms with Crippen molar-refractivity contribution in [1.82, 2.24) is 4.98 Å². The zero-order valence-corrected chi connectivity index (χ0v) is 10.1. The molecule has 0 spiro atoms. The number of carbonyl (C=O) groups excluding carboxylic acids is 1. The van der Waals surface area contributed by atoms with Crippen LogP contribution in [0, 0.1) is 0 Å². The minimum Gasteiger partial charge on any atom is -0.494 e. The minimum absolute atomic E-state index is 0.205. The molecule has 0 saturated heterocycles. The molecule has 0 atom stereocenters. The summed E-state index contributed by atoms with van der Waals surface area (Å²) in [5.74, 6) is -2.07. The predicted molar refractivity (Wildman–Crippen MR) is 56.7 cm³/mol. The molecule has 1 aromatic rings. The number of hydrogen-bond acceptors (Lipinski definition) is 6. The lowest BCUT2D eigenvalue weighted by atomic mass is 10.1. The Morgan fingerprint density at radius 2 is 2.05 bits per heavy atom. The van der Waals surface area contributed by atoms with Crippen molar-refractivity contribution in [2.24, 2.45) is 5.73 Å². The molecular weight excluding hydrogens is 269 g/mol. The van der Waals surface area contributed by atoms with Gasteiger partial charge in [0.15, 0.2) is 11.5 Å². The third-order valence-electron chi connectivity index (χ3n) is 2.09. The van der Waals surface area contributed by atoms with Crippen molar-refractivity contribution in [2.45, 2.75) is 12.9 Å². The van der Waals surface area contributed by atoms with Crippen LogP contribution in [-0.4, -0.2) is 31.5 Å². The van der Waals surface area contributed by atoms with Crippen molar-refractivity contribution < 1.29 is 32.2 Å². The number of nitrogens with zero attached hydrogens (tertiary/aromatic N) is 1. The van der Waals surface area contributed by atoms with E-state index in [0.717, 1.165) is 13.3 Å². The number of carbonyl (C=O) groups is 1. The second kappa shape index (κ2) is 5.74. The maximum Gasteiger partial charge on any atom is 0.573 e. The molecule has 1 heterocycles. The molecule has 0 unspecified atom stereocenters. The number of ether oxygens (including phenoxy) is 3. The number of nitrogens with two attached hydrogens (primary N) is 1. The van der Waals surface area contributed by atoms with Crippen molar-refractivity contribution in [3.8, 4) is 11.5 Å². The zero-order valence-electron chi connectivity index (χ0n) is 10.1. The van der Waals surface area contributed by atoms with Crippen molar-refractivity contribution in [1.29, 1.82) is 0 Å². The Hall–Kier alpha value is -2.03. The smallest absolute Gasteiger partial charge is 0.494 e. The van der Waals surface area contributed by atoms with Gasteiger partial charge in [-0.05, 0) is 0 Å². The molecule has 0 fully saturated rings. The third-order valence-corrected chi connectivity index (χ3v) is 2.09. The normalized spacial score (nSPS) is 11.1. The van der Waals surface area contributed by atoms with Crippen LogP contribution in [-0.2, 0) is 11.3 Å². The summed E-state index contributed by atoms with van der Waals surface area (Å²) in [6, 6.07) is 0. The predicted octanol–water partition coefficient (Wildman–Crippen LogP) is 1.23. The van der Waals surface area contributed by atoms with Crippen LogP contribution in [0.3, 0.4) is 0 Å². The van der Waals surface area contributed by atoms with Crippen LogP contribution in [0.25, 0.3) is 0 Å². The lowest BCUT2D eigenvalue weighted by Gasteiger charge is -2.16. The molecule has 6 nitrogen and oxygen atoms in total. The van der Waals surface area contributed by atoms with E-state index in [1.54, 1.807) is 0 Å². The van der Waals surface area contributed by atoms with Crippen LogP contribution in [0.2, 0.25) is 0 Å². The number of aromatic nitrogens is 1. The van der Waals surface area contributed by atoms with E-state index in [1.807, 2.05) is 0 Å². The van der Waals surface area contributed by atoms with Crippen molar-refractivity contribution >= 4 is 5.97 Å². The Balaban J connectivity index is 3.47. The molecule has 0 aliphatic rings. The second-order valence-corrected chi connectivity index (χ2v) is 3.22. The first kappa shape index (κ1) is 15.0. The summed E-state index contributed by atoms with van der Waals surface area (Å²) in [4.78, 5) is 15.2. The Bertz CT molecular complexity index is 477. The van der Waals surface area contributed by atoms with Crippen LogP contribution in [0.1, 0.15) is 16.1 Å². The second-order valence-electron chi connectivity index (χ2n) is 3.22. The number of esters is 1. The fraction of sp³-hybridized carbons (Fsp3) is 0.400. The van der Waals surface area contributed by atoms with Gasteiger partial charge in [-0.15, -0.1) is 13.2 Å². The lowest BCUT2D eigenvalue weighted by molar-refractivity contribution is -0.275. The molecule has 0 aliphatic heterocycles. The van der Waals surface area contributed by atoms with E-state index in [-0.39, 0.29) is 18.0 Å². The van der Waals surface area contributed by atoms with Gasteiger partial charge in [-0.2, -0.15) is 0 Å². The Morgan fingerprint density at radius 1 is 1.42 bits per heavy atom. The molecule has 1 aromatic heterocycles. The van der Waals surface area contributed by atoms with E-state index in [1.165, 1.54) is 7.11 Å². The number of pyridine rings is 1. The average Bonchev–Trinajstić information content (AvgIpc) is 2.35. The van der Waals surface area contributed by atoms with Crippen LogP contribution in [0.4, 0.5) is 13.2 Å². The Kier molecular flexibility index (Phi) is 4.54. The maximum absolute atomic E-state index is 12.4. The summed E-state index contributed by atoms with van der Waals surface area (Å²) in [5, 5.41) is 0. The minimum atomic E-state index is -5.00. The van der Waals surface area contributed by atoms with Gasteiger partial charge in [-0.3, -0.25) is 4.98 Å². The fourth-order valence-electron chi connectivity index (χ4n) is 1.34. The average molecular weight is 280 g/mol. The fourth-order valence-corrected chi connectivity index (χ4v) is 1.34. The Morgan fingerprint density at radius 3 is 2.47 bits per heavy atom. The van der Waals surface area contributed by atoms with Gasteiger partial charge >= 0.3 is 12.3 Å². The number of hydrogen-bond donors (Lipinski definition) is 1. The molecule has 106 valence electrons. The van der Waals surface area contributed by atoms with E-state index < -0.39 is 23.6 Å². The van der Waals surface area contributed by atoms with Crippen LogP contribution in [0.5, 0.6) is 11.5 Å². The monoisotopic (exact) mass is 280 g/mol. The van der Waals surface area contributed by atoms with Crippen molar-refractivity contribution in [2.75, 3.05) is 14.2 Å². The SMILES string of the molecule is COC(=O)c1c(OC)cnc(CN)c1OC(F)(F)F. The highest BCUT2D eigenvalue weighted by Gasteiger charge is 2.36. The first-order chi connectivity index (χ1) is 8.84. The number of halogens is 3. The molecule has 0 bridgehead atoms. The summed E-state index contributed by atoms with van der Waals surface area (Å²) in [7, 11) is 2.19. The molecule has 0 radical (unpaired) electrons. The number of methoxy groups -OCH3 is 2. The van der Waals surface area contributed by atoms with E-state index in [4.69, 9.17) is 10.5 Å². The number of alkyl halides is 3. The zero-order chi connectivity index (χ0) is 14.6. The summed E-state index contributed by atoms with van der Waals surface area (Å²) >= 11 is 0. The number of rotatable bonds is 4. The van der Waals surface area contributed by atoms with Gasteiger partial charge in [-0.1, -0.05) is 0 Å². The van der Waals surface area contributed by atoms with Crippen molar-refractivity contribution in [3.05, 3.63) is 17.5 Å². The highest BCUT2D eigenvalue weighted by Crippen LogP contribution is 2.34. The van der Waals surface area contributed by atoms with E-state index in [0.29, 0.717) is 0 Å². The van der Waals surface area contributed by atoms with Gasteiger partial charge in [0, 0.05) is 6.54 Å². The van der Waals surface area contributed by atoms with E-state index in [9.17, 15) is 18.0 Å². The maximum atomic E-state index is 12.4. The standard InChI is InChI=1S/C10H11F3N2O4/c1-17-6-4-15-5(3-14)8(19-10(11,12)13)7(6)9(16)18-2/h4H,3,14H2,1-2H3. The molecule has 1 rings (SSSR count). The quantitative estimate of drug-likeness (QED) is 0.835. The molecule has 0 aromatic carbocycles. The summed E-state index contributed by atoms with van der Waals surface area (Å²) < 4.78 is 50.0. The van der Waals surface area contributed by atoms with Gasteiger partial charge in [0.05, 0.1) is 26.1 Å². The summed E-state index contributed by atoms with van der Waals surface area (Å²) in [6.07, 6.45) is -3.93. The molecule has 9 heteroatoms. The summed E-state index contributed by atoms with van der Waals surface area (Å²) in [6.45, 7) is -0.348. The molecule has 0 aliphatic carbocycles. The van der Waals surface area contributed by atoms with Gasteiger partial charge < -0.3 is 19.9 Å². The van der Waals surface area contributed by atoms with Gasteiger partial charge in [0.2, 0.25) is 0 Å². The molecule has 0 amide bonds. The Labute approximate surface area is 106 Å². The molecule has 0 saturated carbocycles. The van der Waals surface area contributed by atoms with E-state index in [2.05, 4.69) is 14.5 Å². The molecule has 19 heavy (non-hydrogen) atoms. The van der Waals surface area contributed by atoms with Crippen LogP contribution in [0.15, 0.2) is 6.20 Å². The van der Waals surface area contributed by atoms with Gasteiger partial charge in [-0.25, -0.2) is 4.79 Å². The van der Waals surface area contributed by atoms with Gasteiger partial charge in [0.1, 0.15) is 5.56 Å². The highest BCUT2D eigenvalue weighted by molar-refractivity contribution is 5.95. The van der Waals surface area contributed by atoms with E-state index >= 15 is 0 Å². The van der Waals surface area contributed by atoms with Crippen LogP contribution >= 0.6 is 0 Å². The van der Waals surface area contributed by atoms with Gasteiger partial charge in [0.25, 0.3) is 0 Å². The first-order valence-electron chi connectivity index (χ1n) is 4.94. The largest absolute Gasteiger partial charge is 0.573 e. The van der Waals surface area contributed by atoms with Crippen molar-refractivity contribution in [3.63, 3.8) is 0 Å². The summed E-state index contributed by atoms with van der Waals surface area (Å²) in [5.41, 5.74) is 4.52. The third kappa shape index (κ3) is 3.47. The van der Waals surface area contributed by atoms with Crippen LogP contribution < -0.4 is 15.2 Å². The molecular formula is C10H11F3N2O4. The molecule has 2 N–H and O–H groups in total. The topological polar surface area (TPSA) is 83.7 Å².